The molecule has 2 heterocycles. The van der Waals surface area contributed by atoms with Gasteiger partial charge in [-0.3, -0.25) is 4.98 Å². The number of hydrogen-bond donors (Lipinski definition) is 0. The summed E-state index contributed by atoms with van der Waals surface area (Å²) in [4.78, 5) is 18.8. The molecule has 5 rings (SSSR count). The van der Waals surface area contributed by atoms with Gasteiger partial charge in [-0.2, -0.15) is 0 Å². The van der Waals surface area contributed by atoms with E-state index in [0.717, 1.165) is 45.4 Å². The van der Waals surface area contributed by atoms with Crippen LogP contribution in [0.4, 0.5) is 0 Å². The maximum Gasteiger partial charge on any atom is 0.164 e. The first-order valence-electron chi connectivity index (χ1n) is 12.6. The average molecular weight is 515 g/mol. The van der Waals surface area contributed by atoms with Crippen LogP contribution in [0, 0.1) is 0 Å². The summed E-state index contributed by atoms with van der Waals surface area (Å²) < 4.78 is 0. The second kappa shape index (κ2) is 11.8. The van der Waals surface area contributed by atoms with Gasteiger partial charge in [-0.25, -0.2) is 15.0 Å². The van der Waals surface area contributed by atoms with Crippen LogP contribution in [0.2, 0.25) is 5.02 Å². The van der Waals surface area contributed by atoms with Crippen LogP contribution in [0.1, 0.15) is 26.1 Å². The van der Waals surface area contributed by atoms with E-state index in [0.29, 0.717) is 22.5 Å². The first-order chi connectivity index (χ1) is 18.6. The van der Waals surface area contributed by atoms with Crippen molar-refractivity contribution >= 4 is 17.2 Å². The lowest BCUT2D eigenvalue weighted by atomic mass is 9.99. The highest BCUT2D eigenvalue weighted by molar-refractivity contribution is 6.31. The molecule has 0 spiro atoms. The molecule has 0 amide bonds. The molecule has 2 aromatic heterocycles. The molecule has 5 aromatic rings. The summed E-state index contributed by atoms with van der Waals surface area (Å²) in [6.45, 7) is 4.10. The molecular weight excluding hydrogens is 488 g/mol. The van der Waals surface area contributed by atoms with E-state index in [9.17, 15) is 0 Å². The lowest BCUT2D eigenvalue weighted by Crippen LogP contribution is -2.02. The van der Waals surface area contributed by atoms with Crippen molar-refractivity contribution < 1.29 is 0 Å². The molecule has 0 saturated heterocycles. The largest absolute Gasteiger partial charge is 0.264 e. The molecule has 0 fully saturated rings. The smallest absolute Gasteiger partial charge is 0.164 e. The monoisotopic (exact) mass is 514 g/mol. The first-order valence-corrected chi connectivity index (χ1v) is 13.0. The average Bonchev–Trinajstić information content (AvgIpc) is 2.98. The van der Waals surface area contributed by atoms with Crippen molar-refractivity contribution in [3.63, 3.8) is 0 Å². The third-order valence-electron chi connectivity index (χ3n) is 6.14. The molecule has 0 bridgehead atoms. The zero-order valence-corrected chi connectivity index (χ0v) is 22.1. The fourth-order valence-corrected chi connectivity index (χ4v) is 4.40. The third-order valence-corrected chi connectivity index (χ3v) is 6.36. The van der Waals surface area contributed by atoms with E-state index in [4.69, 9.17) is 26.6 Å². The number of halogens is 1. The SMILES string of the molecule is C/C=C(\C=C/CC)c1nc(-c2ccccc2)nc(-c2cc(Cl)cc(-c3ccc(-c4cccnc4)cc3)c2)n1. The van der Waals surface area contributed by atoms with Gasteiger partial charge < -0.3 is 0 Å². The van der Waals surface area contributed by atoms with Crippen molar-refractivity contribution in [3.8, 4) is 45.0 Å². The standard InChI is InChI=1S/C33H27ClN4/c1-3-5-10-23(4-2)31-36-32(26-11-7-6-8-12-26)38-33(37-31)29-19-28(20-30(34)21-29)25-16-14-24(15-17-25)27-13-9-18-35-22-27/h4-22H,3H2,1-2H3/b10-5-,23-4+. The van der Waals surface area contributed by atoms with Crippen LogP contribution < -0.4 is 0 Å². The van der Waals surface area contributed by atoms with Gasteiger partial charge in [-0.15, -0.1) is 0 Å². The zero-order valence-electron chi connectivity index (χ0n) is 21.3. The van der Waals surface area contributed by atoms with Crippen LogP contribution in [0.5, 0.6) is 0 Å². The molecule has 0 radical (unpaired) electrons. The molecule has 186 valence electrons. The Balaban J connectivity index is 1.59. The van der Waals surface area contributed by atoms with Gasteiger partial charge in [0.05, 0.1) is 0 Å². The van der Waals surface area contributed by atoms with Gasteiger partial charge in [0.2, 0.25) is 0 Å². The van der Waals surface area contributed by atoms with Crippen LogP contribution in [0.15, 0.2) is 116 Å². The lowest BCUT2D eigenvalue weighted by Gasteiger charge is -2.11. The molecule has 38 heavy (non-hydrogen) atoms. The van der Waals surface area contributed by atoms with Gasteiger partial charge in [0.15, 0.2) is 17.5 Å². The van der Waals surface area contributed by atoms with Gasteiger partial charge in [0, 0.05) is 34.1 Å². The van der Waals surface area contributed by atoms with Gasteiger partial charge in [0.1, 0.15) is 0 Å². The Morgan fingerprint density at radius 3 is 2.03 bits per heavy atom. The topological polar surface area (TPSA) is 51.6 Å². The maximum atomic E-state index is 6.63. The molecule has 3 aromatic carbocycles. The molecule has 0 saturated carbocycles. The number of benzene rings is 3. The van der Waals surface area contributed by atoms with Gasteiger partial charge in [-0.1, -0.05) is 97.4 Å². The van der Waals surface area contributed by atoms with E-state index in [1.807, 2.05) is 67.7 Å². The highest BCUT2D eigenvalue weighted by Crippen LogP contribution is 2.32. The normalized spacial score (nSPS) is 11.7. The first kappa shape index (κ1) is 25.2. The van der Waals surface area contributed by atoms with E-state index >= 15 is 0 Å². The summed E-state index contributed by atoms with van der Waals surface area (Å²) in [5, 5.41) is 0.620. The van der Waals surface area contributed by atoms with Crippen LogP contribution >= 0.6 is 11.6 Å². The Morgan fingerprint density at radius 2 is 1.37 bits per heavy atom. The summed E-state index contributed by atoms with van der Waals surface area (Å²) in [6.07, 6.45) is 10.8. The predicted molar refractivity (Wildman–Crippen MR) is 157 cm³/mol. The van der Waals surface area contributed by atoms with E-state index in [1.165, 1.54) is 0 Å². The second-order valence-electron chi connectivity index (χ2n) is 8.77. The van der Waals surface area contributed by atoms with Crippen LogP contribution in [-0.4, -0.2) is 19.9 Å². The Morgan fingerprint density at radius 1 is 0.711 bits per heavy atom. The molecule has 0 aliphatic rings. The Labute approximate surface area is 228 Å². The molecule has 5 heteroatoms. The number of hydrogen-bond acceptors (Lipinski definition) is 4. The van der Waals surface area contributed by atoms with Gasteiger partial charge in [0.25, 0.3) is 0 Å². The number of nitrogens with zero attached hydrogens (tertiary/aromatic N) is 4. The minimum atomic E-state index is 0.578. The highest BCUT2D eigenvalue weighted by Gasteiger charge is 2.14. The van der Waals surface area contributed by atoms with Crippen LogP contribution in [0.3, 0.4) is 0 Å². The number of allylic oxidation sites excluding steroid dienone is 4. The van der Waals surface area contributed by atoms with Crippen molar-refractivity contribution in [2.24, 2.45) is 0 Å². The fourth-order valence-electron chi connectivity index (χ4n) is 4.17. The number of rotatable bonds is 7. The van der Waals surface area contributed by atoms with Crippen molar-refractivity contribution in [1.29, 1.82) is 0 Å². The minimum absolute atomic E-state index is 0.578. The summed E-state index contributed by atoms with van der Waals surface area (Å²) in [5.74, 6) is 1.83. The Hall–Kier alpha value is -4.41. The van der Waals surface area contributed by atoms with Crippen molar-refractivity contribution in [3.05, 3.63) is 126 Å². The second-order valence-corrected chi connectivity index (χ2v) is 9.21. The third kappa shape index (κ3) is 5.77. The summed E-state index contributed by atoms with van der Waals surface area (Å²) in [7, 11) is 0. The van der Waals surface area contributed by atoms with E-state index in [1.54, 1.807) is 6.20 Å². The summed E-state index contributed by atoms with van der Waals surface area (Å²) in [6, 6.07) is 28.3. The fraction of sp³-hybridized carbons (Fsp3) is 0.0909. The minimum Gasteiger partial charge on any atom is -0.264 e. The van der Waals surface area contributed by atoms with Crippen molar-refractivity contribution in [1.82, 2.24) is 19.9 Å². The highest BCUT2D eigenvalue weighted by atomic mass is 35.5. The maximum absolute atomic E-state index is 6.63. The van der Waals surface area contributed by atoms with Crippen LogP contribution in [0.25, 0.3) is 50.6 Å². The Bertz CT molecular complexity index is 1590. The summed E-state index contributed by atoms with van der Waals surface area (Å²) in [5.41, 5.74) is 6.94. The quantitative estimate of drug-likeness (QED) is 0.203. The number of pyridine rings is 1. The molecule has 0 atom stereocenters. The Kier molecular flexibility index (Phi) is 7.81. The molecule has 0 aliphatic heterocycles. The van der Waals surface area contributed by atoms with Gasteiger partial charge in [-0.05, 0) is 59.9 Å². The van der Waals surface area contributed by atoms with Crippen LogP contribution in [-0.2, 0) is 0 Å². The molecule has 4 nitrogen and oxygen atoms in total. The van der Waals surface area contributed by atoms with Crippen molar-refractivity contribution in [2.75, 3.05) is 0 Å². The molecule has 0 N–H and O–H groups in total. The predicted octanol–water partition coefficient (Wildman–Crippen LogP) is 8.96. The molecule has 0 aliphatic carbocycles. The zero-order chi connectivity index (χ0) is 26.3. The van der Waals surface area contributed by atoms with E-state index in [2.05, 4.69) is 60.5 Å². The van der Waals surface area contributed by atoms with E-state index in [-0.39, 0.29) is 0 Å². The van der Waals surface area contributed by atoms with Crippen molar-refractivity contribution in [2.45, 2.75) is 20.3 Å². The molecule has 0 unspecified atom stereocenters. The lowest BCUT2D eigenvalue weighted by molar-refractivity contribution is 1.04. The summed E-state index contributed by atoms with van der Waals surface area (Å²) >= 11 is 6.63. The molecular formula is C33H27ClN4. The van der Waals surface area contributed by atoms with E-state index < -0.39 is 0 Å². The van der Waals surface area contributed by atoms with Gasteiger partial charge >= 0.3 is 0 Å². The number of aromatic nitrogens is 4.